The van der Waals surface area contributed by atoms with Gasteiger partial charge in [-0.15, -0.1) is 11.8 Å². The molecule has 2 aromatic rings. The van der Waals surface area contributed by atoms with Crippen molar-refractivity contribution in [2.45, 2.75) is 4.90 Å². The lowest BCUT2D eigenvalue weighted by Gasteiger charge is -2.25. The number of carbonyl (C=O) groups is 2. The topological polar surface area (TPSA) is 74.3 Å². The Morgan fingerprint density at radius 2 is 2.13 bits per heavy atom. The van der Waals surface area contributed by atoms with Gasteiger partial charge < -0.3 is 10.2 Å². The predicted molar refractivity (Wildman–Crippen MR) is 92.5 cm³/mol. The number of hydrogen-bond acceptors (Lipinski definition) is 4. The van der Waals surface area contributed by atoms with Crippen LogP contribution in [0.5, 0.6) is 0 Å². The van der Waals surface area contributed by atoms with Gasteiger partial charge >= 0.3 is 6.03 Å². The SMILES string of the molecule is CN1C(=O)CSc2ccc(NC(=O)Nc3ccc(Cl)cn3)cc21. The standard InChI is InChI=1S/C15H13ClN4O2S/c1-20-11-6-10(3-4-12(11)23-8-14(20)21)18-15(22)19-13-5-2-9(16)7-17-13/h2-7H,8H2,1H3,(H2,17,18,19,22). The van der Waals surface area contributed by atoms with Gasteiger partial charge in [0.25, 0.3) is 0 Å². The molecule has 3 rings (SSSR count). The number of fused-ring (bicyclic) bond motifs is 1. The highest BCUT2D eigenvalue weighted by Crippen LogP contribution is 2.36. The van der Waals surface area contributed by atoms with Gasteiger partial charge in [-0.3, -0.25) is 10.1 Å². The number of nitrogens with one attached hydrogen (secondary N) is 2. The molecule has 1 aromatic heterocycles. The van der Waals surface area contributed by atoms with Crippen molar-refractivity contribution in [3.63, 3.8) is 0 Å². The van der Waals surface area contributed by atoms with Gasteiger partial charge in [-0.05, 0) is 30.3 Å². The minimum absolute atomic E-state index is 0.0365. The van der Waals surface area contributed by atoms with Gasteiger partial charge in [-0.2, -0.15) is 0 Å². The maximum atomic E-state index is 12.0. The van der Waals surface area contributed by atoms with Crippen LogP contribution >= 0.6 is 23.4 Å². The van der Waals surface area contributed by atoms with Crippen LogP contribution in [-0.4, -0.2) is 29.7 Å². The lowest BCUT2D eigenvalue weighted by molar-refractivity contribution is -0.116. The molecule has 0 radical (unpaired) electrons. The molecule has 0 bridgehead atoms. The van der Waals surface area contributed by atoms with Crippen molar-refractivity contribution in [3.8, 4) is 0 Å². The van der Waals surface area contributed by atoms with Crippen LogP contribution < -0.4 is 15.5 Å². The van der Waals surface area contributed by atoms with Crippen molar-refractivity contribution < 1.29 is 9.59 Å². The van der Waals surface area contributed by atoms with E-state index >= 15 is 0 Å². The Balaban J connectivity index is 1.71. The molecule has 1 aliphatic rings. The van der Waals surface area contributed by atoms with Gasteiger partial charge in [0.15, 0.2) is 0 Å². The highest BCUT2D eigenvalue weighted by Gasteiger charge is 2.21. The van der Waals surface area contributed by atoms with Gasteiger partial charge in [0.2, 0.25) is 5.91 Å². The number of hydrogen-bond donors (Lipinski definition) is 2. The number of benzene rings is 1. The molecule has 1 aliphatic heterocycles. The molecule has 1 aromatic carbocycles. The van der Waals surface area contributed by atoms with Crippen LogP contribution in [0, 0.1) is 0 Å². The first-order valence-electron chi connectivity index (χ1n) is 6.76. The van der Waals surface area contributed by atoms with Crippen molar-refractivity contribution in [2.75, 3.05) is 28.3 Å². The van der Waals surface area contributed by atoms with Gasteiger partial charge in [0, 0.05) is 23.8 Å². The van der Waals surface area contributed by atoms with E-state index in [9.17, 15) is 9.59 Å². The van der Waals surface area contributed by atoms with E-state index in [1.165, 1.54) is 18.0 Å². The average Bonchev–Trinajstić information content (AvgIpc) is 2.53. The molecule has 0 aliphatic carbocycles. The zero-order chi connectivity index (χ0) is 16.4. The molecule has 2 heterocycles. The number of anilines is 3. The van der Waals surface area contributed by atoms with Crippen LogP contribution in [-0.2, 0) is 4.79 Å². The molecule has 0 saturated heterocycles. The summed E-state index contributed by atoms with van der Waals surface area (Å²) in [5.74, 6) is 0.862. The van der Waals surface area contributed by atoms with E-state index in [2.05, 4.69) is 15.6 Å². The van der Waals surface area contributed by atoms with Crippen LogP contribution in [0.15, 0.2) is 41.4 Å². The fourth-order valence-corrected chi connectivity index (χ4v) is 3.17. The Kier molecular flexibility index (Phi) is 4.40. The number of amides is 3. The zero-order valence-corrected chi connectivity index (χ0v) is 13.7. The number of thioether (sulfide) groups is 1. The summed E-state index contributed by atoms with van der Waals surface area (Å²) in [7, 11) is 1.72. The highest BCUT2D eigenvalue weighted by atomic mass is 35.5. The van der Waals surface area contributed by atoms with Crippen LogP contribution in [0.3, 0.4) is 0 Å². The monoisotopic (exact) mass is 348 g/mol. The van der Waals surface area contributed by atoms with Gasteiger partial charge in [-0.25, -0.2) is 9.78 Å². The van der Waals surface area contributed by atoms with E-state index in [1.54, 1.807) is 36.2 Å². The number of pyridine rings is 1. The number of rotatable bonds is 2. The third kappa shape index (κ3) is 3.57. The van der Waals surface area contributed by atoms with Crippen LogP contribution in [0.25, 0.3) is 0 Å². The molecule has 0 saturated carbocycles. The molecule has 6 nitrogen and oxygen atoms in total. The van der Waals surface area contributed by atoms with E-state index in [4.69, 9.17) is 11.6 Å². The maximum Gasteiger partial charge on any atom is 0.324 e. The number of aromatic nitrogens is 1. The number of urea groups is 1. The normalized spacial score (nSPS) is 13.5. The smallest absolute Gasteiger partial charge is 0.314 e. The van der Waals surface area contributed by atoms with Crippen molar-refractivity contribution in [3.05, 3.63) is 41.6 Å². The molecule has 118 valence electrons. The Labute approximate surface area is 142 Å². The molecular weight excluding hydrogens is 336 g/mol. The summed E-state index contributed by atoms with van der Waals surface area (Å²) in [6.45, 7) is 0. The van der Waals surface area contributed by atoms with Crippen LogP contribution in [0.1, 0.15) is 0 Å². The summed E-state index contributed by atoms with van der Waals surface area (Å²) >= 11 is 7.24. The van der Waals surface area contributed by atoms with E-state index in [-0.39, 0.29) is 5.91 Å². The first kappa shape index (κ1) is 15.6. The average molecular weight is 349 g/mol. The number of carbonyl (C=O) groups excluding carboxylic acids is 2. The molecule has 23 heavy (non-hydrogen) atoms. The summed E-state index contributed by atoms with van der Waals surface area (Å²) in [4.78, 5) is 30.3. The van der Waals surface area contributed by atoms with E-state index in [0.717, 1.165) is 10.6 Å². The second-order valence-corrected chi connectivity index (χ2v) is 6.32. The summed E-state index contributed by atoms with van der Waals surface area (Å²) in [6, 6.07) is 8.29. The number of halogens is 1. The van der Waals surface area contributed by atoms with Gasteiger partial charge in [0.05, 0.1) is 16.5 Å². The Bertz CT molecular complexity index is 767. The van der Waals surface area contributed by atoms with Crippen LogP contribution in [0.2, 0.25) is 5.02 Å². The van der Waals surface area contributed by atoms with Crippen molar-refractivity contribution in [1.29, 1.82) is 0 Å². The van der Waals surface area contributed by atoms with Crippen molar-refractivity contribution in [1.82, 2.24) is 4.98 Å². The predicted octanol–water partition coefficient (Wildman–Crippen LogP) is 3.45. The summed E-state index contributed by atoms with van der Waals surface area (Å²) < 4.78 is 0. The second-order valence-electron chi connectivity index (χ2n) is 4.86. The first-order valence-corrected chi connectivity index (χ1v) is 8.12. The summed E-state index contributed by atoms with van der Waals surface area (Å²) in [6.07, 6.45) is 1.45. The Morgan fingerprint density at radius 3 is 2.87 bits per heavy atom. The molecule has 0 fully saturated rings. The molecule has 0 unspecified atom stereocenters. The Morgan fingerprint density at radius 1 is 1.30 bits per heavy atom. The second kappa shape index (κ2) is 6.47. The minimum Gasteiger partial charge on any atom is -0.314 e. The third-order valence-corrected chi connectivity index (χ3v) is 4.54. The molecule has 2 N–H and O–H groups in total. The van der Waals surface area contributed by atoms with Crippen LogP contribution in [0.4, 0.5) is 22.0 Å². The lowest BCUT2D eigenvalue weighted by Crippen LogP contribution is -2.31. The highest BCUT2D eigenvalue weighted by molar-refractivity contribution is 8.00. The molecular formula is C15H13ClN4O2S. The molecule has 3 amide bonds. The maximum absolute atomic E-state index is 12.0. The quantitative estimate of drug-likeness (QED) is 0.871. The van der Waals surface area contributed by atoms with Crippen molar-refractivity contribution in [2.24, 2.45) is 0 Å². The van der Waals surface area contributed by atoms with E-state index in [0.29, 0.717) is 22.3 Å². The van der Waals surface area contributed by atoms with E-state index < -0.39 is 6.03 Å². The van der Waals surface area contributed by atoms with Gasteiger partial charge in [0.1, 0.15) is 5.82 Å². The van der Waals surface area contributed by atoms with Crippen molar-refractivity contribution >= 4 is 52.5 Å². The zero-order valence-electron chi connectivity index (χ0n) is 12.2. The molecule has 0 atom stereocenters. The minimum atomic E-state index is -0.419. The fourth-order valence-electron chi connectivity index (χ4n) is 2.08. The summed E-state index contributed by atoms with van der Waals surface area (Å²) in [5, 5.41) is 5.83. The molecule has 8 heteroatoms. The lowest BCUT2D eigenvalue weighted by atomic mass is 10.2. The summed E-state index contributed by atoms with van der Waals surface area (Å²) in [5.41, 5.74) is 1.38. The third-order valence-electron chi connectivity index (χ3n) is 3.27. The van der Waals surface area contributed by atoms with Gasteiger partial charge in [-0.1, -0.05) is 11.6 Å². The first-order chi connectivity index (χ1) is 11.0. The Hall–Kier alpha value is -2.25. The number of nitrogens with zero attached hydrogens (tertiary/aromatic N) is 2. The fraction of sp³-hybridized carbons (Fsp3) is 0.133. The molecule has 0 spiro atoms. The van der Waals surface area contributed by atoms with E-state index in [1.807, 2.05) is 6.07 Å². The largest absolute Gasteiger partial charge is 0.324 e.